The average molecular weight is 208 g/mol. The Labute approximate surface area is 89.1 Å². The van der Waals surface area contributed by atoms with Gasteiger partial charge in [0.1, 0.15) is 5.60 Å². The first kappa shape index (κ1) is 9.94. The van der Waals surface area contributed by atoms with Crippen molar-refractivity contribution >= 4 is 11.3 Å². The van der Waals surface area contributed by atoms with Crippen LogP contribution in [0.5, 0.6) is 0 Å². The van der Waals surface area contributed by atoms with E-state index in [2.05, 4.69) is 26.0 Å². The fourth-order valence-electron chi connectivity index (χ4n) is 1.82. The quantitative estimate of drug-likeness (QED) is 0.702. The van der Waals surface area contributed by atoms with E-state index in [1.807, 2.05) is 12.1 Å². The first-order valence-corrected chi connectivity index (χ1v) is 5.90. The molecule has 1 aromatic heterocycles. The maximum atomic E-state index is 10.4. The summed E-state index contributed by atoms with van der Waals surface area (Å²) in [6, 6.07) is 4.12. The molecular formula is C12H16OS. The Morgan fingerprint density at radius 2 is 2.29 bits per heavy atom. The van der Waals surface area contributed by atoms with Gasteiger partial charge in [-0.3, -0.25) is 0 Å². The van der Waals surface area contributed by atoms with Crippen molar-refractivity contribution in [2.24, 2.45) is 5.92 Å². The standard InChI is InChI=1S/C12H16OS/c1-9-5-7-12(13,8-6-9)11-4-3-10(2)14-11/h3-5,7,9,13H,6,8H2,1-2H3. The first-order valence-electron chi connectivity index (χ1n) is 5.09. The summed E-state index contributed by atoms with van der Waals surface area (Å²) in [6.07, 6.45) is 6.01. The van der Waals surface area contributed by atoms with Crippen molar-refractivity contribution < 1.29 is 5.11 Å². The van der Waals surface area contributed by atoms with E-state index in [4.69, 9.17) is 0 Å². The molecular weight excluding hydrogens is 192 g/mol. The first-order chi connectivity index (χ1) is 6.60. The second kappa shape index (κ2) is 3.52. The van der Waals surface area contributed by atoms with E-state index in [1.54, 1.807) is 11.3 Å². The maximum absolute atomic E-state index is 10.4. The van der Waals surface area contributed by atoms with Crippen LogP contribution in [-0.2, 0) is 5.60 Å². The van der Waals surface area contributed by atoms with E-state index in [1.165, 1.54) is 4.88 Å². The minimum Gasteiger partial charge on any atom is -0.380 e. The molecule has 0 fully saturated rings. The van der Waals surface area contributed by atoms with Gasteiger partial charge in [0.05, 0.1) is 0 Å². The molecule has 1 N–H and O–H groups in total. The second-order valence-electron chi connectivity index (χ2n) is 4.21. The molecule has 0 saturated carbocycles. The lowest BCUT2D eigenvalue weighted by atomic mass is 9.85. The molecule has 0 spiro atoms. The highest BCUT2D eigenvalue weighted by molar-refractivity contribution is 7.12. The maximum Gasteiger partial charge on any atom is 0.117 e. The fraction of sp³-hybridized carbons (Fsp3) is 0.500. The van der Waals surface area contributed by atoms with E-state index in [9.17, 15) is 5.11 Å². The Morgan fingerprint density at radius 3 is 2.79 bits per heavy atom. The van der Waals surface area contributed by atoms with E-state index in [0.29, 0.717) is 5.92 Å². The summed E-state index contributed by atoms with van der Waals surface area (Å²) in [5.74, 6) is 0.608. The number of aryl methyl sites for hydroxylation is 1. The zero-order chi connectivity index (χ0) is 10.2. The van der Waals surface area contributed by atoms with Gasteiger partial charge in [0.25, 0.3) is 0 Å². The number of hydrogen-bond acceptors (Lipinski definition) is 2. The summed E-state index contributed by atoms with van der Waals surface area (Å²) >= 11 is 1.69. The number of thiophene rings is 1. The summed E-state index contributed by atoms with van der Waals surface area (Å²) in [4.78, 5) is 2.35. The second-order valence-corrected chi connectivity index (χ2v) is 5.50. The van der Waals surface area contributed by atoms with Gasteiger partial charge in [0, 0.05) is 9.75 Å². The molecule has 2 unspecified atom stereocenters. The van der Waals surface area contributed by atoms with Gasteiger partial charge in [0.15, 0.2) is 0 Å². The molecule has 0 saturated heterocycles. The lowest BCUT2D eigenvalue weighted by Gasteiger charge is -2.28. The summed E-state index contributed by atoms with van der Waals surface area (Å²) in [7, 11) is 0. The highest BCUT2D eigenvalue weighted by atomic mass is 32.1. The van der Waals surface area contributed by atoms with Gasteiger partial charge < -0.3 is 5.11 Å². The molecule has 2 atom stereocenters. The lowest BCUT2D eigenvalue weighted by molar-refractivity contribution is 0.0710. The largest absolute Gasteiger partial charge is 0.380 e. The Bertz CT molecular complexity index is 353. The van der Waals surface area contributed by atoms with Gasteiger partial charge in [-0.1, -0.05) is 19.1 Å². The van der Waals surface area contributed by atoms with Crippen molar-refractivity contribution in [3.05, 3.63) is 34.0 Å². The normalized spacial score (nSPS) is 32.1. The molecule has 0 radical (unpaired) electrons. The van der Waals surface area contributed by atoms with Crippen molar-refractivity contribution in [3.63, 3.8) is 0 Å². The van der Waals surface area contributed by atoms with E-state index in [-0.39, 0.29) is 0 Å². The molecule has 0 aromatic carbocycles. The predicted molar refractivity (Wildman–Crippen MR) is 60.5 cm³/mol. The summed E-state index contributed by atoms with van der Waals surface area (Å²) in [6.45, 7) is 4.27. The average Bonchev–Trinajstić information content (AvgIpc) is 2.58. The Balaban J connectivity index is 2.29. The van der Waals surface area contributed by atoms with Crippen LogP contribution in [0, 0.1) is 12.8 Å². The lowest BCUT2D eigenvalue weighted by Crippen LogP contribution is -2.25. The Morgan fingerprint density at radius 1 is 1.50 bits per heavy atom. The van der Waals surface area contributed by atoms with Gasteiger partial charge >= 0.3 is 0 Å². The highest BCUT2D eigenvalue weighted by Gasteiger charge is 2.30. The van der Waals surface area contributed by atoms with Crippen LogP contribution in [0.25, 0.3) is 0 Å². The molecule has 0 bridgehead atoms. The molecule has 1 aromatic rings. The van der Waals surface area contributed by atoms with Crippen LogP contribution in [0.4, 0.5) is 0 Å². The molecule has 76 valence electrons. The molecule has 1 heterocycles. The van der Waals surface area contributed by atoms with Gasteiger partial charge in [0.2, 0.25) is 0 Å². The van der Waals surface area contributed by atoms with Crippen LogP contribution in [0.1, 0.15) is 29.5 Å². The summed E-state index contributed by atoms with van der Waals surface area (Å²) < 4.78 is 0. The van der Waals surface area contributed by atoms with Crippen molar-refractivity contribution in [1.29, 1.82) is 0 Å². The van der Waals surface area contributed by atoms with Crippen LogP contribution in [0.15, 0.2) is 24.3 Å². The topological polar surface area (TPSA) is 20.2 Å². The van der Waals surface area contributed by atoms with Crippen LogP contribution in [0.3, 0.4) is 0 Å². The number of hydrogen-bond donors (Lipinski definition) is 1. The van der Waals surface area contributed by atoms with Crippen molar-refractivity contribution in [1.82, 2.24) is 0 Å². The predicted octanol–water partition coefficient (Wildman–Crippen LogP) is 3.23. The van der Waals surface area contributed by atoms with Crippen molar-refractivity contribution in [2.45, 2.75) is 32.3 Å². The van der Waals surface area contributed by atoms with Crippen LogP contribution in [0.2, 0.25) is 0 Å². The number of rotatable bonds is 1. The Hall–Kier alpha value is -0.600. The van der Waals surface area contributed by atoms with Crippen LogP contribution in [-0.4, -0.2) is 5.11 Å². The molecule has 1 aliphatic rings. The molecule has 1 nitrogen and oxygen atoms in total. The monoisotopic (exact) mass is 208 g/mol. The zero-order valence-electron chi connectivity index (χ0n) is 8.66. The van der Waals surface area contributed by atoms with Gasteiger partial charge in [-0.2, -0.15) is 0 Å². The smallest absolute Gasteiger partial charge is 0.117 e. The molecule has 2 rings (SSSR count). The SMILES string of the molecule is Cc1ccc(C2(O)C=CC(C)CC2)s1. The zero-order valence-corrected chi connectivity index (χ0v) is 9.47. The van der Waals surface area contributed by atoms with Gasteiger partial charge in [-0.15, -0.1) is 11.3 Å². The van der Waals surface area contributed by atoms with Crippen molar-refractivity contribution in [2.75, 3.05) is 0 Å². The van der Waals surface area contributed by atoms with Crippen molar-refractivity contribution in [3.8, 4) is 0 Å². The molecule has 1 aliphatic carbocycles. The number of aliphatic hydroxyl groups is 1. The third-order valence-electron chi connectivity index (χ3n) is 2.85. The number of allylic oxidation sites excluding steroid dienone is 1. The van der Waals surface area contributed by atoms with Gasteiger partial charge in [-0.25, -0.2) is 0 Å². The molecule has 0 aliphatic heterocycles. The summed E-state index contributed by atoms with van der Waals surface area (Å²) in [5, 5.41) is 10.4. The van der Waals surface area contributed by atoms with E-state index in [0.717, 1.165) is 17.7 Å². The minimum atomic E-state index is -0.689. The third kappa shape index (κ3) is 1.77. The minimum absolute atomic E-state index is 0.608. The van der Waals surface area contributed by atoms with E-state index >= 15 is 0 Å². The van der Waals surface area contributed by atoms with E-state index < -0.39 is 5.60 Å². The van der Waals surface area contributed by atoms with Gasteiger partial charge in [-0.05, 0) is 37.8 Å². The van der Waals surface area contributed by atoms with Crippen LogP contribution >= 0.6 is 11.3 Å². The fourth-order valence-corrected chi connectivity index (χ4v) is 2.79. The highest BCUT2D eigenvalue weighted by Crippen LogP contribution is 2.37. The molecule has 0 amide bonds. The Kier molecular flexibility index (Phi) is 2.50. The van der Waals surface area contributed by atoms with Crippen LogP contribution < -0.4 is 0 Å². The summed E-state index contributed by atoms with van der Waals surface area (Å²) in [5.41, 5.74) is -0.689. The molecule has 2 heteroatoms. The molecule has 14 heavy (non-hydrogen) atoms. The third-order valence-corrected chi connectivity index (χ3v) is 4.02.